The van der Waals surface area contributed by atoms with E-state index in [1.165, 1.54) is 21.9 Å². The van der Waals surface area contributed by atoms with E-state index in [9.17, 15) is 4.79 Å². The Balaban J connectivity index is 1.57. The maximum Gasteiger partial charge on any atom is 0.257 e. The molecule has 1 aromatic heterocycles. The predicted octanol–water partition coefficient (Wildman–Crippen LogP) is 5.11. The van der Waals surface area contributed by atoms with Crippen LogP contribution in [0.3, 0.4) is 0 Å². The second-order valence-electron chi connectivity index (χ2n) is 6.56. The van der Waals surface area contributed by atoms with Crippen LogP contribution in [-0.4, -0.2) is 10.9 Å². The van der Waals surface area contributed by atoms with Gasteiger partial charge in [0.25, 0.3) is 5.91 Å². The number of hydrogen-bond donors (Lipinski definition) is 1. The Morgan fingerprint density at radius 1 is 1.08 bits per heavy atom. The molecule has 4 aromatic rings. The summed E-state index contributed by atoms with van der Waals surface area (Å²) >= 11 is 1.55. The topological polar surface area (TPSA) is 42.0 Å². The summed E-state index contributed by atoms with van der Waals surface area (Å²) in [5, 5.41) is 6.17. The number of rotatable bonds is 2. The van der Waals surface area contributed by atoms with Crippen molar-refractivity contribution in [3.05, 3.63) is 70.8 Å². The number of carbonyl (C=O) groups excluding carboxylic acids is 1. The highest BCUT2D eigenvalue weighted by molar-refractivity contribution is 7.22. The monoisotopic (exact) mass is 344 g/mol. The molecule has 1 N–H and O–H groups in total. The van der Waals surface area contributed by atoms with Crippen molar-refractivity contribution < 1.29 is 4.79 Å². The fraction of sp³-hybridized carbons (Fsp3) is 0.143. The first-order valence-electron chi connectivity index (χ1n) is 8.41. The molecule has 1 heterocycles. The number of benzene rings is 3. The Kier molecular flexibility index (Phi) is 3.15. The Morgan fingerprint density at radius 2 is 1.88 bits per heavy atom. The summed E-state index contributed by atoms with van der Waals surface area (Å²) in [5.41, 5.74) is 5.59. The van der Waals surface area contributed by atoms with Gasteiger partial charge in [-0.25, -0.2) is 4.98 Å². The first-order valence-corrected chi connectivity index (χ1v) is 9.23. The summed E-state index contributed by atoms with van der Waals surface area (Å²) in [6.07, 6.45) is 2.20. The molecule has 0 saturated carbocycles. The van der Waals surface area contributed by atoms with Gasteiger partial charge in [0.2, 0.25) is 0 Å². The van der Waals surface area contributed by atoms with E-state index in [1.807, 2.05) is 31.2 Å². The number of carbonyl (C=O) groups is 1. The lowest BCUT2D eigenvalue weighted by Gasteiger charge is -2.02. The number of fused-ring (bicyclic) bond motifs is 2. The third-order valence-electron chi connectivity index (χ3n) is 4.88. The van der Waals surface area contributed by atoms with E-state index in [0.717, 1.165) is 28.6 Å². The van der Waals surface area contributed by atoms with Gasteiger partial charge in [-0.3, -0.25) is 10.1 Å². The summed E-state index contributed by atoms with van der Waals surface area (Å²) in [5.74, 6) is -0.114. The van der Waals surface area contributed by atoms with Crippen molar-refractivity contribution in [1.82, 2.24) is 4.98 Å². The number of amides is 1. The van der Waals surface area contributed by atoms with Crippen molar-refractivity contribution in [3.63, 3.8) is 0 Å². The molecule has 0 atom stereocenters. The third kappa shape index (κ3) is 2.33. The summed E-state index contributed by atoms with van der Waals surface area (Å²) in [6, 6.07) is 16.3. The van der Waals surface area contributed by atoms with E-state index < -0.39 is 0 Å². The van der Waals surface area contributed by atoms with Crippen molar-refractivity contribution >= 4 is 43.4 Å². The van der Waals surface area contributed by atoms with E-state index in [1.54, 1.807) is 11.3 Å². The lowest BCUT2D eigenvalue weighted by Crippen LogP contribution is -2.11. The average Bonchev–Trinajstić information content (AvgIpc) is 3.21. The van der Waals surface area contributed by atoms with Gasteiger partial charge in [-0.1, -0.05) is 47.2 Å². The van der Waals surface area contributed by atoms with Gasteiger partial charge in [0.05, 0.1) is 10.2 Å². The molecule has 0 radical (unpaired) electrons. The van der Waals surface area contributed by atoms with Gasteiger partial charge < -0.3 is 0 Å². The number of nitrogens with one attached hydrogen (secondary N) is 1. The predicted molar refractivity (Wildman–Crippen MR) is 104 cm³/mol. The van der Waals surface area contributed by atoms with Gasteiger partial charge in [0.15, 0.2) is 5.13 Å². The van der Waals surface area contributed by atoms with Crippen LogP contribution in [-0.2, 0) is 12.8 Å². The quantitative estimate of drug-likeness (QED) is 0.549. The highest BCUT2D eigenvalue weighted by Gasteiger charge is 2.19. The maximum absolute atomic E-state index is 12.5. The Bertz CT molecular complexity index is 1140. The van der Waals surface area contributed by atoms with Crippen molar-refractivity contribution in [2.24, 2.45) is 0 Å². The molecular formula is C21H16N2OS. The van der Waals surface area contributed by atoms with Gasteiger partial charge >= 0.3 is 0 Å². The smallest absolute Gasteiger partial charge is 0.257 e. The molecule has 0 spiro atoms. The fourth-order valence-corrected chi connectivity index (χ4v) is 4.57. The van der Waals surface area contributed by atoms with Gasteiger partial charge in [-0.15, -0.1) is 0 Å². The lowest BCUT2D eigenvalue weighted by molar-refractivity contribution is 0.102. The standard InChI is InChI=1S/C21H16N2OS/c1-12-5-7-14(8-6-12)20(24)23-21-22-19-16-4-2-3-13-9-10-15(18(13)16)11-17(19)25-21/h2-8,11H,9-10H2,1H3,(H,22,23,24). The summed E-state index contributed by atoms with van der Waals surface area (Å²) in [4.78, 5) is 17.2. The largest absolute Gasteiger partial charge is 0.298 e. The van der Waals surface area contributed by atoms with Crippen LogP contribution < -0.4 is 5.32 Å². The molecule has 1 aliphatic carbocycles. The second kappa shape index (κ2) is 5.39. The molecule has 0 fully saturated rings. The van der Waals surface area contributed by atoms with Crippen LogP contribution in [0.5, 0.6) is 0 Å². The van der Waals surface area contributed by atoms with Crippen LogP contribution in [0.4, 0.5) is 5.13 Å². The molecule has 0 unspecified atom stereocenters. The van der Waals surface area contributed by atoms with Crippen molar-refractivity contribution in [1.29, 1.82) is 0 Å². The van der Waals surface area contributed by atoms with E-state index in [2.05, 4.69) is 29.6 Å². The van der Waals surface area contributed by atoms with Crippen LogP contribution in [0.2, 0.25) is 0 Å². The summed E-state index contributed by atoms with van der Waals surface area (Å²) in [7, 11) is 0. The van der Waals surface area contributed by atoms with Crippen LogP contribution in [0.1, 0.15) is 27.0 Å². The minimum atomic E-state index is -0.114. The van der Waals surface area contributed by atoms with Gasteiger partial charge in [0.1, 0.15) is 0 Å². The Labute approximate surface area is 149 Å². The van der Waals surface area contributed by atoms with Crippen LogP contribution in [0.15, 0.2) is 48.5 Å². The number of hydrogen-bond acceptors (Lipinski definition) is 3. The Hall–Kier alpha value is -2.72. The van der Waals surface area contributed by atoms with Crippen molar-refractivity contribution in [2.45, 2.75) is 19.8 Å². The highest BCUT2D eigenvalue weighted by Crippen LogP contribution is 2.39. The second-order valence-corrected chi connectivity index (χ2v) is 7.59. The zero-order valence-corrected chi connectivity index (χ0v) is 14.6. The molecule has 4 heteroatoms. The van der Waals surface area contributed by atoms with E-state index >= 15 is 0 Å². The number of anilines is 1. The number of nitrogens with zero attached hydrogens (tertiary/aromatic N) is 1. The SMILES string of the molecule is Cc1ccc(C(=O)Nc2nc3c(cc4c5c(cccc53)CC4)s2)cc1. The minimum Gasteiger partial charge on any atom is -0.298 e. The van der Waals surface area contributed by atoms with Crippen LogP contribution in [0.25, 0.3) is 21.0 Å². The molecule has 0 saturated heterocycles. The first kappa shape index (κ1) is 14.6. The summed E-state index contributed by atoms with van der Waals surface area (Å²) in [6.45, 7) is 2.01. The molecule has 25 heavy (non-hydrogen) atoms. The highest BCUT2D eigenvalue weighted by atomic mass is 32.1. The van der Waals surface area contributed by atoms with Gasteiger partial charge in [-0.05, 0) is 54.5 Å². The van der Waals surface area contributed by atoms with Crippen molar-refractivity contribution in [2.75, 3.05) is 5.32 Å². The molecule has 1 aliphatic rings. The molecule has 0 bridgehead atoms. The molecule has 0 aliphatic heterocycles. The average molecular weight is 344 g/mol. The van der Waals surface area contributed by atoms with Crippen LogP contribution in [0, 0.1) is 6.92 Å². The zero-order chi connectivity index (χ0) is 17.0. The molecular weight excluding hydrogens is 328 g/mol. The molecule has 3 nitrogen and oxygen atoms in total. The lowest BCUT2D eigenvalue weighted by atomic mass is 10.0. The van der Waals surface area contributed by atoms with Gasteiger partial charge in [-0.2, -0.15) is 0 Å². The molecule has 122 valence electrons. The van der Waals surface area contributed by atoms with Crippen molar-refractivity contribution in [3.8, 4) is 0 Å². The molecule has 5 rings (SSSR count). The van der Waals surface area contributed by atoms with Crippen LogP contribution >= 0.6 is 11.3 Å². The fourth-order valence-electron chi connectivity index (χ4n) is 3.63. The third-order valence-corrected chi connectivity index (χ3v) is 5.80. The molecule has 3 aromatic carbocycles. The minimum absolute atomic E-state index is 0.114. The number of aromatic nitrogens is 1. The summed E-state index contributed by atoms with van der Waals surface area (Å²) < 4.78 is 1.14. The normalized spacial score (nSPS) is 12.8. The maximum atomic E-state index is 12.5. The van der Waals surface area contributed by atoms with E-state index in [0.29, 0.717) is 10.7 Å². The molecule has 1 amide bonds. The van der Waals surface area contributed by atoms with Gasteiger partial charge in [0, 0.05) is 10.9 Å². The zero-order valence-electron chi connectivity index (χ0n) is 13.8. The Morgan fingerprint density at radius 3 is 2.72 bits per heavy atom. The van der Waals surface area contributed by atoms with E-state index in [-0.39, 0.29) is 5.91 Å². The van der Waals surface area contributed by atoms with E-state index in [4.69, 9.17) is 4.98 Å². The number of thiazole rings is 1. The first-order chi connectivity index (χ1) is 12.2. The number of aryl methyl sites for hydroxylation is 3.